The lowest BCUT2D eigenvalue weighted by molar-refractivity contribution is 0.139. The molecule has 0 saturated heterocycles. The van der Waals surface area contributed by atoms with Crippen LogP contribution in [0.15, 0.2) is 12.1 Å². The second-order valence-corrected chi connectivity index (χ2v) is 4.07. The van der Waals surface area contributed by atoms with E-state index in [1.54, 1.807) is 6.92 Å². The van der Waals surface area contributed by atoms with Crippen LogP contribution in [0.2, 0.25) is 10.0 Å². The maximum atomic E-state index is 13.6. The second-order valence-electron chi connectivity index (χ2n) is 3.26. The molecule has 0 bridgehead atoms. The van der Waals surface area contributed by atoms with E-state index in [9.17, 15) is 9.50 Å². The summed E-state index contributed by atoms with van der Waals surface area (Å²) in [6.45, 7) is 1.75. The van der Waals surface area contributed by atoms with Gasteiger partial charge in [0.25, 0.3) is 0 Å². The quantitative estimate of drug-likeness (QED) is 0.812. The van der Waals surface area contributed by atoms with Crippen molar-refractivity contribution in [2.45, 2.75) is 25.5 Å². The number of aliphatic hydroxyl groups is 1. The van der Waals surface area contributed by atoms with Crippen LogP contribution in [0.1, 0.15) is 24.9 Å². The standard InChI is InChI=1S/C10H12Cl2FNO/c1-2-7(15)10(14)8-5(11)3-4-6(12)9(8)13/h3-4,7,10,15H,2,14H2,1H3/t7-,10-/m1/s1. The SMILES string of the molecule is CC[C@@H](O)[C@@H](N)c1c(Cl)ccc(Cl)c1F. The predicted octanol–water partition coefficient (Wildman–Crippen LogP) is 2.90. The van der Waals surface area contributed by atoms with Gasteiger partial charge in [0.05, 0.1) is 17.2 Å². The van der Waals surface area contributed by atoms with Crippen molar-refractivity contribution in [3.63, 3.8) is 0 Å². The average molecular weight is 252 g/mol. The van der Waals surface area contributed by atoms with Gasteiger partial charge in [0.2, 0.25) is 0 Å². The molecule has 1 aromatic rings. The van der Waals surface area contributed by atoms with E-state index in [-0.39, 0.29) is 15.6 Å². The minimum atomic E-state index is -0.860. The molecule has 2 atom stereocenters. The van der Waals surface area contributed by atoms with Crippen LogP contribution in [0.5, 0.6) is 0 Å². The highest BCUT2D eigenvalue weighted by atomic mass is 35.5. The van der Waals surface area contributed by atoms with Gasteiger partial charge in [-0.3, -0.25) is 0 Å². The maximum absolute atomic E-state index is 13.6. The smallest absolute Gasteiger partial charge is 0.148 e. The Morgan fingerprint density at radius 2 is 1.93 bits per heavy atom. The van der Waals surface area contributed by atoms with E-state index in [1.807, 2.05) is 0 Å². The van der Waals surface area contributed by atoms with Gasteiger partial charge in [0.15, 0.2) is 0 Å². The Morgan fingerprint density at radius 1 is 1.40 bits per heavy atom. The molecule has 0 aliphatic carbocycles. The largest absolute Gasteiger partial charge is 0.391 e. The fourth-order valence-corrected chi connectivity index (χ4v) is 1.73. The molecule has 1 aromatic carbocycles. The lowest BCUT2D eigenvalue weighted by Crippen LogP contribution is -2.26. The fourth-order valence-electron chi connectivity index (χ4n) is 1.29. The number of nitrogens with two attached hydrogens (primary N) is 1. The van der Waals surface area contributed by atoms with E-state index in [0.717, 1.165) is 0 Å². The average Bonchev–Trinajstić information content (AvgIpc) is 2.22. The van der Waals surface area contributed by atoms with Gasteiger partial charge in [-0.05, 0) is 18.6 Å². The number of halogens is 3. The molecular formula is C10H12Cl2FNO. The zero-order valence-corrected chi connectivity index (χ0v) is 9.69. The number of aliphatic hydroxyl groups excluding tert-OH is 1. The minimum Gasteiger partial charge on any atom is -0.391 e. The summed E-state index contributed by atoms with van der Waals surface area (Å²) in [5, 5.41) is 9.66. The predicted molar refractivity (Wildman–Crippen MR) is 59.6 cm³/mol. The lowest BCUT2D eigenvalue weighted by atomic mass is 10.00. The van der Waals surface area contributed by atoms with Gasteiger partial charge in [-0.2, -0.15) is 0 Å². The third-order valence-corrected chi connectivity index (χ3v) is 2.87. The van der Waals surface area contributed by atoms with Crippen LogP contribution in [0, 0.1) is 5.82 Å². The number of hydrogen-bond donors (Lipinski definition) is 2. The van der Waals surface area contributed by atoms with Crippen molar-refractivity contribution in [3.05, 3.63) is 33.6 Å². The molecule has 5 heteroatoms. The first kappa shape index (κ1) is 12.7. The number of hydrogen-bond acceptors (Lipinski definition) is 2. The first-order valence-corrected chi connectivity index (χ1v) is 5.31. The topological polar surface area (TPSA) is 46.2 Å². The summed E-state index contributed by atoms with van der Waals surface area (Å²) in [4.78, 5) is 0. The number of rotatable bonds is 3. The maximum Gasteiger partial charge on any atom is 0.148 e. The van der Waals surface area contributed by atoms with Gasteiger partial charge in [0, 0.05) is 10.6 Å². The summed E-state index contributed by atoms with van der Waals surface area (Å²) < 4.78 is 13.6. The molecule has 0 heterocycles. The van der Waals surface area contributed by atoms with Crippen LogP contribution >= 0.6 is 23.2 Å². The van der Waals surface area contributed by atoms with Gasteiger partial charge >= 0.3 is 0 Å². The molecule has 0 spiro atoms. The molecule has 0 fully saturated rings. The lowest BCUT2D eigenvalue weighted by Gasteiger charge is -2.19. The molecule has 0 aliphatic heterocycles. The highest BCUT2D eigenvalue weighted by molar-refractivity contribution is 6.33. The van der Waals surface area contributed by atoms with Crippen LogP contribution in [0.25, 0.3) is 0 Å². The van der Waals surface area contributed by atoms with Crippen molar-refractivity contribution in [1.29, 1.82) is 0 Å². The Morgan fingerprint density at radius 3 is 2.47 bits per heavy atom. The third-order valence-electron chi connectivity index (χ3n) is 2.25. The third kappa shape index (κ3) is 2.61. The Kier molecular flexibility index (Phi) is 4.34. The number of benzene rings is 1. The normalized spacial score (nSPS) is 15.1. The molecule has 3 N–H and O–H groups in total. The molecule has 0 aromatic heterocycles. The van der Waals surface area contributed by atoms with Crippen molar-refractivity contribution in [1.82, 2.24) is 0 Å². The molecule has 2 nitrogen and oxygen atoms in total. The molecular weight excluding hydrogens is 240 g/mol. The summed E-state index contributed by atoms with van der Waals surface area (Å²) in [6, 6.07) is 1.96. The fraction of sp³-hybridized carbons (Fsp3) is 0.400. The molecule has 0 saturated carbocycles. The second kappa shape index (κ2) is 5.12. The van der Waals surface area contributed by atoms with Crippen LogP contribution in [-0.2, 0) is 0 Å². The van der Waals surface area contributed by atoms with Gasteiger partial charge < -0.3 is 10.8 Å². The van der Waals surface area contributed by atoms with Crippen LogP contribution in [0.4, 0.5) is 4.39 Å². The Balaban J connectivity index is 3.18. The van der Waals surface area contributed by atoms with Crippen molar-refractivity contribution < 1.29 is 9.50 Å². The van der Waals surface area contributed by atoms with Gasteiger partial charge in [-0.1, -0.05) is 30.1 Å². The monoisotopic (exact) mass is 251 g/mol. The van der Waals surface area contributed by atoms with E-state index < -0.39 is 18.0 Å². The van der Waals surface area contributed by atoms with E-state index in [0.29, 0.717) is 6.42 Å². The molecule has 0 radical (unpaired) electrons. The minimum absolute atomic E-state index is 0.0480. The summed E-state index contributed by atoms with van der Waals surface area (Å²) in [7, 11) is 0. The molecule has 15 heavy (non-hydrogen) atoms. The Labute approximate surface area is 97.8 Å². The van der Waals surface area contributed by atoms with Crippen LogP contribution < -0.4 is 5.73 Å². The van der Waals surface area contributed by atoms with Gasteiger partial charge in [-0.15, -0.1) is 0 Å². The summed E-state index contributed by atoms with van der Waals surface area (Å²) in [5.74, 6) is -0.663. The van der Waals surface area contributed by atoms with E-state index in [4.69, 9.17) is 28.9 Å². The van der Waals surface area contributed by atoms with Crippen LogP contribution in [0.3, 0.4) is 0 Å². The highest BCUT2D eigenvalue weighted by Gasteiger charge is 2.22. The first-order valence-electron chi connectivity index (χ1n) is 4.56. The van der Waals surface area contributed by atoms with Crippen molar-refractivity contribution in [2.24, 2.45) is 5.73 Å². The van der Waals surface area contributed by atoms with E-state index in [1.165, 1.54) is 12.1 Å². The zero-order valence-electron chi connectivity index (χ0n) is 8.17. The van der Waals surface area contributed by atoms with E-state index >= 15 is 0 Å². The molecule has 84 valence electrons. The van der Waals surface area contributed by atoms with Gasteiger partial charge in [-0.25, -0.2) is 4.39 Å². The molecule has 0 aliphatic rings. The first-order chi connectivity index (χ1) is 6.99. The summed E-state index contributed by atoms with van der Waals surface area (Å²) >= 11 is 11.4. The Hall–Kier alpha value is -0.350. The summed E-state index contributed by atoms with van der Waals surface area (Å²) in [5.41, 5.74) is 5.75. The summed E-state index contributed by atoms with van der Waals surface area (Å²) in [6.07, 6.45) is -0.417. The van der Waals surface area contributed by atoms with Crippen LogP contribution in [-0.4, -0.2) is 11.2 Å². The zero-order chi connectivity index (χ0) is 11.6. The van der Waals surface area contributed by atoms with Gasteiger partial charge in [0.1, 0.15) is 5.82 Å². The molecule has 1 rings (SSSR count). The van der Waals surface area contributed by atoms with Crippen molar-refractivity contribution in [2.75, 3.05) is 0 Å². The van der Waals surface area contributed by atoms with Crippen molar-refractivity contribution >= 4 is 23.2 Å². The van der Waals surface area contributed by atoms with E-state index in [2.05, 4.69) is 0 Å². The molecule has 0 amide bonds. The van der Waals surface area contributed by atoms with Crippen molar-refractivity contribution in [3.8, 4) is 0 Å². The molecule has 0 unspecified atom stereocenters. The Bertz CT molecular complexity index is 360. The highest BCUT2D eigenvalue weighted by Crippen LogP contribution is 2.31.